The minimum atomic E-state index is 0.0312. The van der Waals surface area contributed by atoms with Crippen LogP contribution in [0.25, 0.3) is 0 Å². The largest absolute Gasteiger partial charge is 0.324 e. The van der Waals surface area contributed by atoms with E-state index in [4.69, 9.17) is 17.3 Å². The molecule has 0 aliphatic rings. The number of hydrogen-bond acceptors (Lipinski definition) is 1. The lowest BCUT2D eigenvalue weighted by atomic mass is 9.86. The molecule has 0 heterocycles. The normalized spacial score (nSPS) is 14.1. The van der Waals surface area contributed by atoms with Gasteiger partial charge >= 0.3 is 0 Å². The Labute approximate surface area is 91.3 Å². The SMILES string of the molecule is CC(C)(C)C[C@H](N)c1ccccc1Cl. The van der Waals surface area contributed by atoms with Gasteiger partial charge in [-0.1, -0.05) is 50.6 Å². The molecule has 1 nitrogen and oxygen atoms in total. The summed E-state index contributed by atoms with van der Waals surface area (Å²) >= 11 is 6.07. The maximum atomic E-state index is 6.10. The second-order valence-corrected chi connectivity index (χ2v) is 5.30. The fourth-order valence-corrected chi connectivity index (χ4v) is 1.82. The van der Waals surface area contributed by atoms with Crippen LogP contribution in [-0.4, -0.2) is 0 Å². The van der Waals surface area contributed by atoms with Crippen LogP contribution in [0.1, 0.15) is 38.8 Å². The van der Waals surface area contributed by atoms with E-state index in [0.717, 1.165) is 17.0 Å². The van der Waals surface area contributed by atoms with Crippen molar-refractivity contribution in [3.8, 4) is 0 Å². The van der Waals surface area contributed by atoms with Gasteiger partial charge in [0.2, 0.25) is 0 Å². The molecule has 0 aliphatic heterocycles. The van der Waals surface area contributed by atoms with Gasteiger partial charge in [0.25, 0.3) is 0 Å². The van der Waals surface area contributed by atoms with Gasteiger partial charge < -0.3 is 5.73 Å². The van der Waals surface area contributed by atoms with Crippen molar-refractivity contribution < 1.29 is 0 Å². The fourth-order valence-electron chi connectivity index (χ4n) is 1.55. The summed E-state index contributed by atoms with van der Waals surface area (Å²) in [6.45, 7) is 6.55. The Morgan fingerprint density at radius 2 is 1.86 bits per heavy atom. The Balaban J connectivity index is 2.80. The maximum absolute atomic E-state index is 6.10. The van der Waals surface area contributed by atoms with E-state index in [1.54, 1.807) is 0 Å². The highest BCUT2D eigenvalue weighted by Gasteiger charge is 2.18. The van der Waals surface area contributed by atoms with E-state index in [-0.39, 0.29) is 11.5 Å². The molecule has 1 rings (SSSR count). The Morgan fingerprint density at radius 1 is 1.29 bits per heavy atom. The van der Waals surface area contributed by atoms with E-state index >= 15 is 0 Å². The first kappa shape index (κ1) is 11.5. The van der Waals surface area contributed by atoms with Gasteiger partial charge in [-0.15, -0.1) is 0 Å². The van der Waals surface area contributed by atoms with Crippen molar-refractivity contribution >= 4 is 11.6 Å². The number of halogens is 1. The Kier molecular flexibility index (Phi) is 3.57. The van der Waals surface area contributed by atoms with Gasteiger partial charge in [-0.05, 0) is 23.5 Å². The van der Waals surface area contributed by atoms with Crippen molar-refractivity contribution in [2.45, 2.75) is 33.2 Å². The van der Waals surface area contributed by atoms with Crippen molar-refractivity contribution in [2.75, 3.05) is 0 Å². The molecule has 1 aromatic carbocycles. The molecule has 0 aliphatic carbocycles. The average Bonchev–Trinajstić information content (AvgIpc) is 2.01. The average molecular weight is 212 g/mol. The molecule has 0 aromatic heterocycles. The zero-order valence-corrected chi connectivity index (χ0v) is 9.81. The van der Waals surface area contributed by atoms with Gasteiger partial charge in [-0.25, -0.2) is 0 Å². The van der Waals surface area contributed by atoms with Gasteiger partial charge in [0.05, 0.1) is 0 Å². The monoisotopic (exact) mass is 211 g/mol. The molecule has 2 N–H and O–H groups in total. The van der Waals surface area contributed by atoms with Crippen molar-refractivity contribution in [1.82, 2.24) is 0 Å². The second-order valence-electron chi connectivity index (χ2n) is 4.89. The topological polar surface area (TPSA) is 26.0 Å². The van der Waals surface area contributed by atoms with Gasteiger partial charge in [-0.2, -0.15) is 0 Å². The molecule has 0 unspecified atom stereocenters. The van der Waals surface area contributed by atoms with Crippen LogP contribution in [0.15, 0.2) is 24.3 Å². The molecule has 1 aromatic rings. The van der Waals surface area contributed by atoms with Crippen LogP contribution in [0.3, 0.4) is 0 Å². The van der Waals surface area contributed by atoms with Crippen molar-refractivity contribution in [2.24, 2.45) is 11.1 Å². The summed E-state index contributed by atoms with van der Waals surface area (Å²) in [5.74, 6) is 0. The molecule has 14 heavy (non-hydrogen) atoms. The fraction of sp³-hybridized carbons (Fsp3) is 0.500. The van der Waals surface area contributed by atoms with Crippen LogP contribution in [0.2, 0.25) is 5.02 Å². The molecule has 0 saturated carbocycles. The summed E-state index contributed by atoms with van der Waals surface area (Å²) in [5, 5.41) is 0.768. The summed E-state index contributed by atoms with van der Waals surface area (Å²) in [7, 11) is 0. The van der Waals surface area contributed by atoms with Gasteiger partial charge in [-0.3, -0.25) is 0 Å². The van der Waals surface area contributed by atoms with E-state index in [0.29, 0.717) is 0 Å². The third-order valence-electron chi connectivity index (χ3n) is 2.14. The molecule has 0 radical (unpaired) electrons. The van der Waals surface area contributed by atoms with Crippen LogP contribution in [0.4, 0.5) is 0 Å². The van der Waals surface area contributed by atoms with E-state index in [1.807, 2.05) is 24.3 Å². The van der Waals surface area contributed by atoms with E-state index in [1.165, 1.54) is 0 Å². The summed E-state index contributed by atoms with van der Waals surface area (Å²) in [6.07, 6.45) is 0.941. The Morgan fingerprint density at radius 3 is 2.36 bits per heavy atom. The molecule has 2 heteroatoms. The lowest BCUT2D eigenvalue weighted by molar-refractivity contribution is 0.343. The quantitative estimate of drug-likeness (QED) is 0.792. The number of nitrogens with two attached hydrogens (primary N) is 1. The maximum Gasteiger partial charge on any atom is 0.0453 e. The molecule has 0 saturated heterocycles. The molecule has 0 spiro atoms. The highest BCUT2D eigenvalue weighted by molar-refractivity contribution is 6.31. The third-order valence-corrected chi connectivity index (χ3v) is 2.48. The zero-order valence-electron chi connectivity index (χ0n) is 9.05. The van der Waals surface area contributed by atoms with Crippen LogP contribution in [-0.2, 0) is 0 Å². The van der Waals surface area contributed by atoms with Crippen LogP contribution < -0.4 is 5.73 Å². The number of hydrogen-bond donors (Lipinski definition) is 1. The third kappa shape index (κ3) is 3.32. The number of benzene rings is 1. The summed E-state index contributed by atoms with van der Waals surface area (Å²) in [6, 6.07) is 7.82. The summed E-state index contributed by atoms with van der Waals surface area (Å²) in [4.78, 5) is 0. The molecule has 1 atom stereocenters. The van der Waals surface area contributed by atoms with Crippen molar-refractivity contribution in [3.05, 3.63) is 34.9 Å². The molecule has 78 valence electrons. The smallest absolute Gasteiger partial charge is 0.0453 e. The second kappa shape index (κ2) is 4.33. The molecular weight excluding hydrogens is 194 g/mol. The van der Waals surface area contributed by atoms with E-state index in [2.05, 4.69) is 20.8 Å². The Hall–Kier alpha value is -0.530. The highest BCUT2D eigenvalue weighted by atomic mass is 35.5. The van der Waals surface area contributed by atoms with Gasteiger partial charge in [0.15, 0.2) is 0 Å². The Bertz CT molecular complexity index is 301. The first-order valence-corrected chi connectivity index (χ1v) is 5.28. The van der Waals surface area contributed by atoms with Crippen molar-refractivity contribution in [3.63, 3.8) is 0 Å². The standard InChI is InChI=1S/C12H18ClN/c1-12(2,3)8-11(14)9-6-4-5-7-10(9)13/h4-7,11H,8,14H2,1-3H3/t11-/m0/s1. The van der Waals surface area contributed by atoms with Gasteiger partial charge in [0.1, 0.15) is 0 Å². The summed E-state index contributed by atoms with van der Waals surface area (Å²) in [5.41, 5.74) is 7.38. The summed E-state index contributed by atoms with van der Waals surface area (Å²) < 4.78 is 0. The predicted octanol–water partition coefficient (Wildman–Crippen LogP) is 3.78. The predicted molar refractivity (Wildman–Crippen MR) is 62.5 cm³/mol. The van der Waals surface area contributed by atoms with Crippen LogP contribution in [0, 0.1) is 5.41 Å². The lowest BCUT2D eigenvalue weighted by Crippen LogP contribution is -2.18. The minimum absolute atomic E-state index is 0.0312. The van der Waals surface area contributed by atoms with E-state index < -0.39 is 0 Å². The minimum Gasteiger partial charge on any atom is -0.324 e. The molecule has 0 amide bonds. The van der Waals surface area contributed by atoms with Crippen LogP contribution in [0.5, 0.6) is 0 Å². The molecule has 0 bridgehead atoms. The van der Waals surface area contributed by atoms with Gasteiger partial charge in [0, 0.05) is 11.1 Å². The van der Waals surface area contributed by atoms with E-state index in [9.17, 15) is 0 Å². The lowest BCUT2D eigenvalue weighted by Gasteiger charge is -2.23. The number of rotatable bonds is 2. The van der Waals surface area contributed by atoms with Crippen LogP contribution >= 0.6 is 11.6 Å². The van der Waals surface area contributed by atoms with Crippen molar-refractivity contribution in [1.29, 1.82) is 0 Å². The molecule has 0 fully saturated rings. The zero-order chi connectivity index (χ0) is 10.8. The molecular formula is C12H18ClN. The first-order valence-electron chi connectivity index (χ1n) is 4.90. The first-order chi connectivity index (χ1) is 6.40. The highest BCUT2D eigenvalue weighted by Crippen LogP contribution is 2.30.